The van der Waals surface area contributed by atoms with Gasteiger partial charge in [-0.05, 0) is 5.92 Å². The van der Waals surface area contributed by atoms with Gasteiger partial charge >= 0.3 is 0 Å². The van der Waals surface area contributed by atoms with Gasteiger partial charge in [0, 0.05) is 0 Å². The minimum absolute atomic E-state index is 1.07. The van der Waals surface area contributed by atoms with Crippen molar-refractivity contribution in [1.82, 2.24) is 0 Å². The Bertz CT molecular complexity index is 220. The number of hydrogen-bond donors (Lipinski definition) is 0. The van der Waals surface area contributed by atoms with Gasteiger partial charge in [0.1, 0.15) is 0 Å². The van der Waals surface area contributed by atoms with Crippen LogP contribution >= 0.6 is 0 Å². The summed E-state index contributed by atoms with van der Waals surface area (Å²) in [7, 11) is 0. The molecule has 0 unspecified atom stereocenters. The Morgan fingerprint density at radius 1 is 0.458 bits per heavy atom. The van der Waals surface area contributed by atoms with Gasteiger partial charge < -0.3 is 0 Å². The maximum absolute atomic E-state index is 2.31. The van der Waals surface area contributed by atoms with E-state index in [-0.39, 0.29) is 0 Å². The number of unbranched alkanes of at least 4 members (excludes halogenated alkanes) is 9. The summed E-state index contributed by atoms with van der Waals surface area (Å²) >= 11 is 0. The van der Waals surface area contributed by atoms with Gasteiger partial charge in [-0.2, -0.15) is 0 Å². The van der Waals surface area contributed by atoms with Crippen molar-refractivity contribution >= 4 is 0 Å². The van der Waals surface area contributed by atoms with E-state index in [1.807, 2.05) is 0 Å². The van der Waals surface area contributed by atoms with E-state index in [1.54, 1.807) is 0 Å². The fourth-order valence-electron chi connectivity index (χ4n) is 4.46. The standard InChI is InChI=1S/C24H48/c1-2-3-4-5-6-7-9-12-15-18-21-24-22-19-16-13-10-8-11-14-17-20-23-24/h24H,2-23H2,1H3. The minimum atomic E-state index is 1.07. The highest BCUT2D eigenvalue weighted by Crippen LogP contribution is 2.25. The monoisotopic (exact) mass is 336 g/mol. The molecule has 0 spiro atoms. The second-order valence-electron chi connectivity index (χ2n) is 8.60. The molecule has 24 heavy (non-hydrogen) atoms. The van der Waals surface area contributed by atoms with E-state index in [4.69, 9.17) is 0 Å². The first-order chi connectivity index (χ1) is 11.9. The molecular weight excluding hydrogens is 288 g/mol. The molecule has 0 heteroatoms. The zero-order chi connectivity index (χ0) is 17.1. The first kappa shape index (κ1) is 22.0. The van der Waals surface area contributed by atoms with Crippen molar-refractivity contribution in [1.29, 1.82) is 0 Å². The van der Waals surface area contributed by atoms with Gasteiger partial charge in [-0.15, -0.1) is 0 Å². The maximum atomic E-state index is 2.31. The molecular formula is C24H48. The fraction of sp³-hybridized carbons (Fsp3) is 1.00. The van der Waals surface area contributed by atoms with Gasteiger partial charge in [0.25, 0.3) is 0 Å². The topological polar surface area (TPSA) is 0 Å². The van der Waals surface area contributed by atoms with Crippen LogP contribution in [0.3, 0.4) is 0 Å². The Morgan fingerprint density at radius 2 is 0.833 bits per heavy atom. The van der Waals surface area contributed by atoms with Gasteiger partial charge in [-0.25, -0.2) is 0 Å². The van der Waals surface area contributed by atoms with Gasteiger partial charge in [-0.1, -0.05) is 148 Å². The fourth-order valence-corrected chi connectivity index (χ4v) is 4.46. The van der Waals surface area contributed by atoms with Gasteiger partial charge in [0.15, 0.2) is 0 Å². The van der Waals surface area contributed by atoms with Crippen LogP contribution in [0, 0.1) is 5.92 Å². The van der Waals surface area contributed by atoms with Crippen molar-refractivity contribution in [2.45, 2.75) is 148 Å². The SMILES string of the molecule is CCCCCCCCCCCCC1CCCCCCCCCCC1. The molecule has 1 aliphatic rings. The minimum Gasteiger partial charge on any atom is -0.0654 e. The smallest absolute Gasteiger partial charge is 0.0414 e. The molecule has 0 aromatic heterocycles. The lowest BCUT2D eigenvalue weighted by Gasteiger charge is -2.17. The normalized spacial score (nSPS) is 18.9. The molecule has 1 rings (SSSR count). The lowest BCUT2D eigenvalue weighted by atomic mass is 9.89. The zero-order valence-corrected chi connectivity index (χ0v) is 17.1. The molecule has 0 saturated heterocycles. The molecule has 0 heterocycles. The Balaban J connectivity index is 1.96. The summed E-state index contributed by atoms with van der Waals surface area (Å²) in [5.41, 5.74) is 0. The van der Waals surface area contributed by atoms with Crippen LogP contribution in [0.2, 0.25) is 0 Å². The van der Waals surface area contributed by atoms with E-state index in [2.05, 4.69) is 6.92 Å². The van der Waals surface area contributed by atoms with Gasteiger partial charge in [0.2, 0.25) is 0 Å². The molecule has 1 aliphatic carbocycles. The summed E-state index contributed by atoms with van der Waals surface area (Å²) in [6, 6.07) is 0. The van der Waals surface area contributed by atoms with Crippen LogP contribution in [-0.4, -0.2) is 0 Å². The lowest BCUT2D eigenvalue weighted by Crippen LogP contribution is -2.02. The average molecular weight is 337 g/mol. The third-order valence-electron chi connectivity index (χ3n) is 6.19. The highest BCUT2D eigenvalue weighted by molar-refractivity contribution is 4.63. The largest absolute Gasteiger partial charge is 0.0654 e. The first-order valence-electron chi connectivity index (χ1n) is 11.9. The van der Waals surface area contributed by atoms with Crippen molar-refractivity contribution in [3.8, 4) is 0 Å². The molecule has 0 N–H and O–H groups in total. The lowest BCUT2D eigenvalue weighted by molar-refractivity contribution is 0.360. The van der Waals surface area contributed by atoms with Crippen LogP contribution in [0.4, 0.5) is 0 Å². The molecule has 0 bridgehead atoms. The summed E-state index contributed by atoms with van der Waals surface area (Å²) in [4.78, 5) is 0. The van der Waals surface area contributed by atoms with Crippen LogP contribution in [0.1, 0.15) is 148 Å². The van der Waals surface area contributed by atoms with Crippen molar-refractivity contribution in [2.75, 3.05) is 0 Å². The molecule has 0 nitrogen and oxygen atoms in total. The second kappa shape index (κ2) is 17.8. The van der Waals surface area contributed by atoms with E-state index in [1.165, 1.54) is 141 Å². The second-order valence-corrected chi connectivity index (χ2v) is 8.60. The Hall–Kier alpha value is 0. The van der Waals surface area contributed by atoms with Crippen molar-refractivity contribution in [3.63, 3.8) is 0 Å². The molecule has 0 aliphatic heterocycles. The summed E-state index contributed by atoms with van der Waals surface area (Å²) in [5, 5.41) is 0. The molecule has 0 aromatic carbocycles. The summed E-state index contributed by atoms with van der Waals surface area (Å²) < 4.78 is 0. The third-order valence-corrected chi connectivity index (χ3v) is 6.19. The molecule has 0 amide bonds. The molecule has 144 valence electrons. The average Bonchev–Trinajstić information content (AvgIpc) is 2.58. The summed E-state index contributed by atoms with van der Waals surface area (Å²) in [5.74, 6) is 1.07. The summed E-state index contributed by atoms with van der Waals surface area (Å²) in [6.45, 7) is 2.31. The molecule has 0 aromatic rings. The Morgan fingerprint density at radius 3 is 1.29 bits per heavy atom. The molecule has 1 saturated carbocycles. The van der Waals surface area contributed by atoms with Crippen molar-refractivity contribution < 1.29 is 0 Å². The summed E-state index contributed by atoms with van der Waals surface area (Å²) in [6.07, 6.45) is 33.0. The highest BCUT2D eigenvalue weighted by Gasteiger charge is 2.09. The molecule has 1 fully saturated rings. The van der Waals surface area contributed by atoms with Crippen molar-refractivity contribution in [3.05, 3.63) is 0 Å². The Labute approximate surface area is 154 Å². The van der Waals surface area contributed by atoms with E-state index in [0.29, 0.717) is 0 Å². The van der Waals surface area contributed by atoms with Crippen LogP contribution < -0.4 is 0 Å². The number of hydrogen-bond acceptors (Lipinski definition) is 0. The van der Waals surface area contributed by atoms with Crippen LogP contribution in [-0.2, 0) is 0 Å². The quantitative estimate of drug-likeness (QED) is 0.330. The van der Waals surface area contributed by atoms with E-state index in [9.17, 15) is 0 Å². The van der Waals surface area contributed by atoms with E-state index in [0.717, 1.165) is 5.92 Å². The van der Waals surface area contributed by atoms with Crippen LogP contribution in [0.15, 0.2) is 0 Å². The van der Waals surface area contributed by atoms with Crippen LogP contribution in [0.5, 0.6) is 0 Å². The molecule has 0 atom stereocenters. The van der Waals surface area contributed by atoms with Gasteiger partial charge in [-0.3, -0.25) is 0 Å². The predicted molar refractivity (Wildman–Crippen MR) is 111 cm³/mol. The van der Waals surface area contributed by atoms with E-state index >= 15 is 0 Å². The van der Waals surface area contributed by atoms with Crippen molar-refractivity contribution in [2.24, 2.45) is 5.92 Å². The van der Waals surface area contributed by atoms with Gasteiger partial charge in [0.05, 0.1) is 0 Å². The highest BCUT2D eigenvalue weighted by atomic mass is 14.1. The Kier molecular flexibility index (Phi) is 16.4. The number of rotatable bonds is 11. The van der Waals surface area contributed by atoms with Crippen LogP contribution in [0.25, 0.3) is 0 Å². The van der Waals surface area contributed by atoms with E-state index < -0.39 is 0 Å². The molecule has 0 radical (unpaired) electrons. The third kappa shape index (κ3) is 14.4. The first-order valence-corrected chi connectivity index (χ1v) is 11.9. The maximum Gasteiger partial charge on any atom is -0.0414 e. The zero-order valence-electron chi connectivity index (χ0n) is 17.1. The predicted octanol–water partition coefficient (Wildman–Crippen LogP) is 9.22.